The van der Waals surface area contributed by atoms with Gasteiger partial charge < -0.3 is 20.3 Å². The van der Waals surface area contributed by atoms with Crippen LogP contribution < -0.4 is 10.6 Å². The van der Waals surface area contributed by atoms with Crippen LogP contribution in [0.1, 0.15) is 90.3 Å². The molecule has 36 heavy (non-hydrogen) atoms. The van der Waals surface area contributed by atoms with Gasteiger partial charge in [0.25, 0.3) is 0 Å². The number of unbranched alkanes of at least 4 members (excludes halogenated alkanes) is 4. The molecule has 3 amide bonds. The van der Waals surface area contributed by atoms with Gasteiger partial charge in [-0.1, -0.05) is 57.6 Å². The molecule has 0 saturated heterocycles. The number of hydrogen-bond donors (Lipinski definition) is 3. The second-order valence-corrected chi connectivity index (χ2v) is 10.2. The molecule has 0 saturated carbocycles. The highest BCUT2D eigenvalue weighted by molar-refractivity contribution is 7.80. The first-order valence-electron chi connectivity index (χ1n) is 12.8. The van der Waals surface area contributed by atoms with Gasteiger partial charge >= 0.3 is 6.09 Å². The number of terminal acetylenes is 1. The van der Waals surface area contributed by atoms with Gasteiger partial charge in [-0.2, -0.15) is 12.6 Å². The lowest BCUT2D eigenvalue weighted by Gasteiger charge is -2.34. The molecule has 0 heterocycles. The van der Waals surface area contributed by atoms with E-state index in [0.29, 0.717) is 24.2 Å². The normalized spacial score (nSPS) is 12.7. The van der Waals surface area contributed by atoms with Crippen molar-refractivity contribution in [3.8, 4) is 12.3 Å². The summed E-state index contributed by atoms with van der Waals surface area (Å²) in [6, 6.07) is 5.26. The summed E-state index contributed by atoms with van der Waals surface area (Å²) in [4.78, 5) is 41.3. The molecule has 7 nitrogen and oxygen atoms in total. The summed E-state index contributed by atoms with van der Waals surface area (Å²) < 4.78 is 5.34. The van der Waals surface area contributed by atoms with Crippen LogP contribution in [-0.4, -0.2) is 53.3 Å². The number of nitrogens with zero attached hydrogens (tertiary/aromatic N) is 1. The lowest BCUT2D eigenvalue weighted by molar-refractivity contribution is -0.142. The molecule has 0 aliphatic heterocycles. The van der Waals surface area contributed by atoms with E-state index in [2.05, 4.69) is 36.1 Å². The van der Waals surface area contributed by atoms with Crippen LogP contribution in [0, 0.1) is 12.3 Å². The van der Waals surface area contributed by atoms with E-state index in [1.165, 1.54) is 0 Å². The Morgan fingerprint density at radius 2 is 1.69 bits per heavy atom. The summed E-state index contributed by atoms with van der Waals surface area (Å²) >= 11 is 4.32. The van der Waals surface area contributed by atoms with Crippen LogP contribution >= 0.6 is 12.6 Å². The van der Waals surface area contributed by atoms with E-state index in [1.54, 1.807) is 49.9 Å². The van der Waals surface area contributed by atoms with Crippen molar-refractivity contribution >= 4 is 30.5 Å². The number of alkyl carbamates (subject to hydrolysis) is 1. The zero-order valence-corrected chi connectivity index (χ0v) is 23.3. The quantitative estimate of drug-likeness (QED) is 0.187. The molecule has 2 N–H and O–H groups in total. The smallest absolute Gasteiger partial charge is 0.408 e. The Bertz CT molecular complexity index is 874. The highest BCUT2D eigenvalue weighted by Gasteiger charge is 2.35. The first-order valence-corrected chi connectivity index (χ1v) is 13.5. The molecule has 0 spiro atoms. The molecule has 1 aromatic rings. The molecular weight excluding hydrogens is 474 g/mol. The first kappa shape index (κ1) is 31.4. The van der Waals surface area contributed by atoms with E-state index in [0.717, 1.165) is 38.5 Å². The van der Waals surface area contributed by atoms with Gasteiger partial charge in [0.05, 0.1) is 0 Å². The Balaban J connectivity index is 3.35. The lowest BCUT2D eigenvalue weighted by Crippen LogP contribution is -2.54. The van der Waals surface area contributed by atoms with Crippen molar-refractivity contribution in [2.24, 2.45) is 0 Å². The number of thiol groups is 1. The van der Waals surface area contributed by atoms with E-state index in [4.69, 9.17) is 11.2 Å². The number of carbonyl (C=O) groups is 3. The Hall–Kier alpha value is -2.66. The Labute approximate surface area is 222 Å². The third-order valence-corrected chi connectivity index (χ3v) is 5.86. The number of amides is 3. The predicted molar refractivity (Wildman–Crippen MR) is 148 cm³/mol. The minimum absolute atomic E-state index is 0.0593. The highest BCUT2D eigenvalue weighted by atomic mass is 32.1. The maximum Gasteiger partial charge on any atom is 0.408 e. The van der Waals surface area contributed by atoms with Gasteiger partial charge in [0, 0.05) is 24.4 Å². The van der Waals surface area contributed by atoms with Gasteiger partial charge in [-0.15, -0.1) is 6.42 Å². The number of nitrogens with one attached hydrogen (secondary N) is 2. The Morgan fingerprint density at radius 3 is 2.22 bits per heavy atom. The fourth-order valence-corrected chi connectivity index (χ4v) is 3.88. The first-order chi connectivity index (χ1) is 17.1. The van der Waals surface area contributed by atoms with Gasteiger partial charge in [0.15, 0.2) is 0 Å². The highest BCUT2D eigenvalue weighted by Crippen LogP contribution is 2.24. The molecule has 200 valence electrons. The Morgan fingerprint density at radius 1 is 1.06 bits per heavy atom. The average molecular weight is 518 g/mol. The molecule has 2 unspecified atom stereocenters. The zero-order valence-electron chi connectivity index (χ0n) is 22.4. The molecule has 0 bridgehead atoms. The predicted octanol–water partition coefficient (Wildman–Crippen LogP) is 4.86. The topological polar surface area (TPSA) is 87.7 Å². The maximum absolute atomic E-state index is 13.8. The van der Waals surface area contributed by atoms with Crippen molar-refractivity contribution < 1.29 is 19.1 Å². The molecule has 2 atom stereocenters. The molecule has 0 aliphatic carbocycles. The van der Waals surface area contributed by atoms with Crippen LogP contribution in [0.4, 0.5) is 4.79 Å². The van der Waals surface area contributed by atoms with Gasteiger partial charge in [-0.25, -0.2) is 4.79 Å². The molecule has 0 radical (unpaired) electrons. The molecule has 8 heteroatoms. The van der Waals surface area contributed by atoms with Crippen molar-refractivity contribution in [2.75, 3.05) is 18.8 Å². The fourth-order valence-electron chi connectivity index (χ4n) is 3.63. The van der Waals surface area contributed by atoms with Gasteiger partial charge in [0.2, 0.25) is 11.8 Å². The van der Waals surface area contributed by atoms with Gasteiger partial charge in [0.1, 0.15) is 17.7 Å². The minimum atomic E-state index is -0.953. The monoisotopic (exact) mass is 517 g/mol. The van der Waals surface area contributed by atoms with Crippen LogP contribution in [0.15, 0.2) is 24.3 Å². The third-order valence-electron chi connectivity index (χ3n) is 5.49. The number of rotatable bonds is 14. The lowest BCUT2D eigenvalue weighted by atomic mass is 10.0. The van der Waals surface area contributed by atoms with E-state index in [1.807, 2.05) is 6.92 Å². The number of carbonyl (C=O) groups excluding carboxylic acids is 3. The fraction of sp³-hybridized carbons (Fsp3) is 0.607. The molecular formula is C28H43N3O4S. The number of benzene rings is 1. The largest absolute Gasteiger partial charge is 0.444 e. The second-order valence-electron chi connectivity index (χ2n) is 9.79. The van der Waals surface area contributed by atoms with Crippen molar-refractivity contribution in [1.29, 1.82) is 0 Å². The number of ether oxygens (including phenoxy) is 1. The maximum atomic E-state index is 13.8. The van der Waals surface area contributed by atoms with E-state index < -0.39 is 23.8 Å². The summed E-state index contributed by atoms with van der Waals surface area (Å²) in [5.41, 5.74) is 0.626. The van der Waals surface area contributed by atoms with Crippen molar-refractivity contribution in [1.82, 2.24) is 15.5 Å². The number of hydrogen-bond acceptors (Lipinski definition) is 5. The molecule has 0 fully saturated rings. The standard InChI is InChI=1S/C28H43N3O4S/c1-7-10-12-13-19-31(26(33)23(20-36)30-27(34)35-28(4,5)6)24(25(32)29-18-11-8-2)22-16-14-21(9-3)15-17-22/h3,14-17,23-24,36H,7-8,10-13,18-20H2,1-2,4-6H3,(H,29,32)(H,30,34). The average Bonchev–Trinajstić information content (AvgIpc) is 2.83. The van der Waals surface area contributed by atoms with Crippen LogP contribution in [0.3, 0.4) is 0 Å². The van der Waals surface area contributed by atoms with Crippen LogP contribution in [0.25, 0.3) is 0 Å². The zero-order chi connectivity index (χ0) is 27.1. The van der Waals surface area contributed by atoms with Gasteiger partial charge in [-0.05, 0) is 51.3 Å². The summed E-state index contributed by atoms with van der Waals surface area (Å²) in [5.74, 6) is 1.99. The molecule has 0 aliphatic rings. The summed E-state index contributed by atoms with van der Waals surface area (Å²) in [6.45, 7) is 10.3. The van der Waals surface area contributed by atoms with Crippen molar-refractivity contribution in [2.45, 2.75) is 90.8 Å². The van der Waals surface area contributed by atoms with Crippen LogP contribution in [-0.2, 0) is 14.3 Å². The molecule has 0 aromatic heterocycles. The summed E-state index contributed by atoms with van der Waals surface area (Å²) in [7, 11) is 0. The van der Waals surface area contributed by atoms with Crippen molar-refractivity contribution in [3.63, 3.8) is 0 Å². The van der Waals surface area contributed by atoms with E-state index in [9.17, 15) is 14.4 Å². The van der Waals surface area contributed by atoms with E-state index in [-0.39, 0.29) is 17.6 Å². The third kappa shape index (κ3) is 10.9. The van der Waals surface area contributed by atoms with Crippen LogP contribution in [0.2, 0.25) is 0 Å². The minimum Gasteiger partial charge on any atom is -0.444 e. The molecule has 1 aromatic carbocycles. The summed E-state index contributed by atoms with van der Waals surface area (Å²) in [5, 5.41) is 5.61. The molecule has 1 rings (SSSR count). The van der Waals surface area contributed by atoms with E-state index >= 15 is 0 Å². The second kappa shape index (κ2) is 16.2. The summed E-state index contributed by atoms with van der Waals surface area (Å²) in [6.07, 6.45) is 10.3. The Kier molecular flexibility index (Phi) is 14.1. The van der Waals surface area contributed by atoms with Crippen molar-refractivity contribution in [3.05, 3.63) is 35.4 Å². The van der Waals surface area contributed by atoms with Gasteiger partial charge in [-0.3, -0.25) is 9.59 Å². The van der Waals surface area contributed by atoms with Crippen LogP contribution in [0.5, 0.6) is 0 Å². The SMILES string of the molecule is C#Cc1ccc(C(C(=O)NCCCC)N(CCCCCC)C(=O)C(CS)NC(=O)OC(C)(C)C)cc1.